The molecule has 6 heavy (non-hydrogen) atoms. The van der Waals surface area contributed by atoms with E-state index in [-0.39, 0.29) is 6.10 Å². The molecule has 0 amide bonds. The summed E-state index contributed by atoms with van der Waals surface area (Å²) >= 11 is 0. The van der Waals surface area contributed by atoms with Crippen molar-refractivity contribution in [2.24, 2.45) is 0 Å². The first-order valence-corrected chi connectivity index (χ1v) is 2.70. The minimum absolute atomic E-state index is 0.120. The Bertz CT molecular complexity index is 54.8. The maximum atomic E-state index is 8.39. The fraction of sp³-hybridized carbons (Fsp3) is 1.00. The van der Waals surface area contributed by atoms with Gasteiger partial charge in [0.2, 0.25) is 0 Å². The van der Waals surface area contributed by atoms with Crippen molar-refractivity contribution >= 4 is 9.24 Å². The van der Waals surface area contributed by atoms with E-state index >= 15 is 0 Å². The van der Waals surface area contributed by atoms with Gasteiger partial charge in [-0.15, -0.1) is 9.24 Å². The van der Waals surface area contributed by atoms with E-state index < -0.39 is 6.29 Å². The summed E-state index contributed by atoms with van der Waals surface area (Å²) in [6.07, 6.45) is 0.513. The fourth-order valence-corrected chi connectivity index (χ4v) is 0.650. The first-order valence-electron chi connectivity index (χ1n) is 1.88. The summed E-state index contributed by atoms with van der Waals surface area (Å²) in [7, 11) is 2.50. The zero-order valence-electron chi connectivity index (χ0n) is 3.29. The second kappa shape index (κ2) is 1.45. The lowest BCUT2D eigenvalue weighted by Gasteiger charge is -1.71. The molecule has 0 spiro atoms. The van der Waals surface area contributed by atoms with Gasteiger partial charge in [0, 0.05) is 0 Å². The van der Waals surface area contributed by atoms with Crippen LogP contribution in [0.15, 0.2) is 0 Å². The standard InChI is InChI=1S/C3H7O2P/c4-3-2(1-6)5-3/h2-4H,1,6H2. The van der Waals surface area contributed by atoms with Gasteiger partial charge < -0.3 is 9.84 Å². The van der Waals surface area contributed by atoms with Crippen LogP contribution in [0.1, 0.15) is 0 Å². The third-order valence-corrected chi connectivity index (χ3v) is 1.25. The summed E-state index contributed by atoms with van der Waals surface area (Å²) in [5, 5.41) is 8.39. The Balaban J connectivity index is 2.09. The van der Waals surface area contributed by atoms with Crippen LogP contribution in [0.5, 0.6) is 0 Å². The quantitative estimate of drug-likeness (QED) is 0.363. The average Bonchev–Trinajstić information content (AvgIpc) is 2.19. The predicted molar refractivity (Wildman–Crippen MR) is 25.5 cm³/mol. The summed E-state index contributed by atoms with van der Waals surface area (Å²) in [4.78, 5) is 0. The predicted octanol–water partition coefficient (Wildman–Crippen LogP) is -0.421. The Kier molecular flexibility index (Phi) is 1.09. The number of ether oxygens (including phenoxy) is 1. The molecule has 2 nitrogen and oxygen atoms in total. The highest BCUT2D eigenvalue weighted by atomic mass is 31.0. The highest BCUT2D eigenvalue weighted by molar-refractivity contribution is 7.16. The molecule has 0 radical (unpaired) electrons. The Hall–Kier alpha value is 0.350. The van der Waals surface area contributed by atoms with Gasteiger partial charge in [-0.1, -0.05) is 0 Å². The molecule has 3 atom stereocenters. The smallest absolute Gasteiger partial charge is 0.182 e. The number of aliphatic hydroxyl groups is 1. The van der Waals surface area contributed by atoms with Crippen LogP contribution in [0.4, 0.5) is 0 Å². The second-order valence-corrected chi connectivity index (χ2v) is 1.77. The molecule has 0 aromatic rings. The van der Waals surface area contributed by atoms with Crippen LogP contribution in [0.25, 0.3) is 0 Å². The van der Waals surface area contributed by atoms with Crippen molar-refractivity contribution in [1.29, 1.82) is 0 Å². The molecule has 1 aliphatic rings. The van der Waals surface area contributed by atoms with E-state index in [1.54, 1.807) is 0 Å². The number of hydrogen-bond donors (Lipinski definition) is 1. The van der Waals surface area contributed by atoms with Crippen LogP contribution in [0.3, 0.4) is 0 Å². The van der Waals surface area contributed by atoms with E-state index in [2.05, 4.69) is 14.0 Å². The zero-order valence-corrected chi connectivity index (χ0v) is 4.45. The first-order chi connectivity index (χ1) is 2.84. The third kappa shape index (κ3) is 0.700. The van der Waals surface area contributed by atoms with Crippen molar-refractivity contribution in [1.82, 2.24) is 0 Å². The van der Waals surface area contributed by atoms with Crippen molar-refractivity contribution in [2.45, 2.75) is 12.4 Å². The van der Waals surface area contributed by atoms with E-state index in [0.717, 1.165) is 6.16 Å². The highest BCUT2D eigenvalue weighted by Gasteiger charge is 2.34. The number of hydrogen-bond acceptors (Lipinski definition) is 2. The summed E-state index contributed by atoms with van der Waals surface area (Å²) in [5.74, 6) is 0. The molecule has 1 heterocycles. The van der Waals surface area contributed by atoms with E-state index in [9.17, 15) is 0 Å². The van der Waals surface area contributed by atoms with Gasteiger partial charge in [0.1, 0.15) is 6.10 Å². The molecular weight excluding hydrogens is 99.0 g/mol. The molecule has 0 aliphatic carbocycles. The minimum Gasteiger partial charge on any atom is -0.366 e. The van der Waals surface area contributed by atoms with E-state index in [1.165, 1.54) is 0 Å². The van der Waals surface area contributed by atoms with Crippen LogP contribution in [-0.4, -0.2) is 23.7 Å². The topological polar surface area (TPSA) is 32.8 Å². The second-order valence-electron chi connectivity index (χ2n) is 1.30. The van der Waals surface area contributed by atoms with Gasteiger partial charge in [-0.25, -0.2) is 0 Å². The fourth-order valence-electron chi connectivity index (χ4n) is 0.306. The first kappa shape index (κ1) is 4.51. The van der Waals surface area contributed by atoms with E-state index in [1.807, 2.05) is 0 Å². The Morgan fingerprint density at radius 2 is 2.33 bits per heavy atom. The molecule has 0 saturated carbocycles. The molecule has 3 unspecified atom stereocenters. The minimum atomic E-state index is -0.456. The van der Waals surface area contributed by atoms with E-state index in [0.29, 0.717) is 0 Å². The lowest BCUT2D eigenvalue weighted by molar-refractivity contribution is 0.156. The molecule has 0 aromatic heterocycles. The normalized spacial score (nSPS) is 43.0. The SMILES string of the molecule is OC1OC1CP. The van der Waals surface area contributed by atoms with Crippen LogP contribution in [0, 0.1) is 0 Å². The lowest BCUT2D eigenvalue weighted by Crippen LogP contribution is -1.90. The van der Waals surface area contributed by atoms with Crippen LogP contribution in [0.2, 0.25) is 0 Å². The summed E-state index contributed by atoms with van der Waals surface area (Å²) in [6, 6.07) is 0. The summed E-state index contributed by atoms with van der Waals surface area (Å²) < 4.78 is 4.60. The van der Waals surface area contributed by atoms with Crippen molar-refractivity contribution in [2.75, 3.05) is 6.16 Å². The van der Waals surface area contributed by atoms with Gasteiger partial charge in [0.05, 0.1) is 0 Å². The van der Waals surface area contributed by atoms with Gasteiger partial charge in [0.25, 0.3) is 0 Å². The Labute approximate surface area is 38.7 Å². The molecule has 1 aliphatic heterocycles. The van der Waals surface area contributed by atoms with Gasteiger partial charge in [-0.2, -0.15) is 0 Å². The van der Waals surface area contributed by atoms with Crippen molar-refractivity contribution in [3.8, 4) is 0 Å². The van der Waals surface area contributed by atoms with Gasteiger partial charge in [-0.05, 0) is 6.16 Å². The molecule has 3 heteroatoms. The van der Waals surface area contributed by atoms with Crippen molar-refractivity contribution < 1.29 is 9.84 Å². The maximum Gasteiger partial charge on any atom is 0.182 e. The van der Waals surface area contributed by atoms with Gasteiger partial charge in [-0.3, -0.25) is 0 Å². The third-order valence-electron chi connectivity index (χ3n) is 0.788. The molecule has 1 fully saturated rings. The highest BCUT2D eigenvalue weighted by Crippen LogP contribution is 2.19. The van der Waals surface area contributed by atoms with Crippen molar-refractivity contribution in [3.05, 3.63) is 0 Å². The van der Waals surface area contributed by atoms with Crippen molar-refractivity contribution in [3.63, 3.8) is 0 Å². The van der Waals surface area contributed by atoms with Crippen LogP contribution >= 0.6 is 9.24 Å². The molecule has 0 aromatic carbocycles. The number of aliphatic hydroxyl groups excluding tert-OH is 1. The monoisotopic (exact) mass is 106 g/mol. The molecule has 1 N–H and O–H groups in total. The summed E-state index contributed by atoms with van der Waals surface area (Å²) in [5.41, 5.74) is 0. The molecule has 1 rings (SSSR count). The summed E-state index contributed by atoms with van der Waals surface area (Å²) in [6.45, 7) is 0. The Morgan fingerprint density at radius 3 is 2.33 bits per heavy atom. The number of epoxide rings is 1. The molecule has 1 saturated heterocycles. The average molecular weight is 106 g/mol. The Morgan fingerprint density at radius 1 is 1.83 bits per heavy atom. The van der Waals surface area contributed by atoms with Crippen LogP contribution < -0.4 is 0 Å². The molecule has 0 bridgehead atoms. The maximum absolute atomic E-state index is 8.39. The van der Waals surface area contributed by atoms with Crippen LogP contribution in [-0.2, 0) is 4.74 Å². The zero-order chi connectivity index (χ0) is 4.57. The van der Waals surface area contributed by atoms with E-state index in [4.69, 9.17) is 5.11 Å². The van der Waals surface area contributed by atoms with Gasteiger partial charge in [0.15, 0.2) is 6.29 Å². The molecular formula is C3H7O2P. The number of rotatable bonds is 1. The molecule has 36 valence electrons. The lowest BCUT2D eigenvalue weighted by atomic mass is 10.5. The van der Waals surface area contributed by atoms with Gasteiger partial charge >= 0.3 is 0 Å². The largest absolute Gasteiger partial charge is 0.366 e.